The lowest BCUT2D eigenvalue weighted by Crippen LogP contribution is -2.52. The molecule has 0 heterocycles. The highest BCUT2D eigenvalue weighted by Gasteiger charge is 2.32. The van der Waals surface area contributed by atoms with Crippen LogP contribution in [0.4, 0.5) is 5.69 Å². The fourth-order valence-corrected chi connectivity index (χ4v) is 5.45. The number of carbonyl (C=O) groups is 2. The van der Waals surface area contributed by atoms with Crippen LogP contribution in [0.3, 0.4) is 0 Å². The highest BCUT2D eigenvalue weighted by Crippen LogP contribution is 2.26. The normalized spacial score (nSPS) is 12.0. The zero-order valence-corrected chi connectivity index (χ0v) is 22.7. The van der Waals surface area contributed by atoms with Crippen LogP contribution in [0.2, 0.25) is 0 Å². The van der Waals surface area contributed by atoms with Gasteiger partial charge in [0.25, 0.3) is 10.0 Å². The number of rotatable bonds is 11. The molecule has 0 aliphatic heterocycles. The lowest BCUT2D eigenvalue weighted by atomic mass is 10.1. The van der Waals surface area contributed by atoms with E-state index in [2.05, 4.69) is 5.32 Å². The minimum Gasteiger partial charge on any atom is -0.355 e. The third-order valence-corrected chi connectivity index (χ3v) is 8.18. The Morgan fingerprint density at radius 2 is 1.51 bits per heavy atom. The van der Waals surface area contributed by atoms with Crippen LogP contribution in [-0.2, 0) is 26.0 Å². The summed E-state index contributed by atoms with van der Waals surface area (Å²) in [5.41, 5.74) is 3.34. The fourth-order valence-electron chi connectivity index (χ4n) is 4.02. The molecule has 7 nitrogen and oxygen atoms in total. The lowest BCUT2D eigenvalue weighted by Gasteiger charge is -2.32. The second-order valence-electron chi connectivity index (χ2n) is 8.99. The van der Waals surface area contributed by atoms with Gasteiger partial charge >= 0.3 is 0 Å². The Bertz CT molecular complexity index is 1310. The third kappa shape index (κ3) is 6.98. The monoisotopic (exact) mass is 521 g/mol. The Hall–Kier alpha value is -3.65. The molecule has 0 fully saturated rings. The number of nitrogens with one attached hydrogen (secondary N) is 1. The van der Waals surface area contributed by atoms with Crippen LogP contribution in [0.25, 0.3) is 0 Å². The minimum atomic E-state index is -4.05. The summed E-state index contributed by atoms with van der Waals surface area (Å²) in [7, 11) is -4.05. The Morgan fingerprint density at radius 1 is 0.892 bits per heavy atom. The van der Waals surface area contributed by atoms with Crippen molar-refractivity contribution in [1.82, 2.24) is 10.2 Å². The van der Waals surface area contributed by atoms with Crippen molar-refractivity contribution in [2.45, 2.75) is 45.1 Å². The Balaban J connectivity index is 1.98. The number of nitrogens with zero attached hydrogens (tertiary/aromatic N) is 2. The topological polar surface area (TPSA) is 86.8 Å². The molecule has 196 valence electrons. The largest absolute Gasteiger partial charge is 0.355 e. The standard InChI is InChI=1S/C29H35N3O4S/c1-5-30-29(34)24(4)31(19-18-25-12-8-6-9-13-25)28(33)21-32(26-17-16-22(2)23(3)20-26)37(35,36)27-14-10-7-11-15-27/h6-17,20,24H,5,18-19,21H2,1-4H3,(H,30,34)/t24-/m1/s1. The van der Waals surface area contributed by atoms with E-state index in [0.29, 0.717) is 18.7 Å². The average Bonchev–Trinajstić information content (AvgIpc) is 2.90. The molecule has 0 spiro atoms. The molecule has 8 heteroatoms. The van der Waals surface area contributed by atoms with Crippen LogP contribution in [0.1, 0.15) is 30.5 Å². The van der Waals surface area contributed by atoms with Crippen LogP contribution in [0, 0.1) is 13.8 Å². The molecule has 0 saturated carbocycles. The molecule has 0 radical (unpaired) electrons. The molecule has 0 aliphatic carbocycles. The summed E-state index contributed by atoms with van der Waals surface area (Å²) >= 11 is 0. The maximum atomic E-state index is 13.8. The van der Waals surface area contributed by atoms with Gasteiger partial charge < -0.3 is 10.2 Å². The van der Waals surface area contributed by atoms with Crippen molar-refractivity contribution < 1.29 is 18.0 Å². The summed E-state index contributed by atoms with van der Waals surface area (Å²) in [6.07, 6.45) is 0.533. The van der Waals surface area contributed by atoms with Crippen molar-refractivity contribution in [1.29, 1.82) is 0 Å². The van der Waals surface area contributed by atoms with Crippen LogP contribution >= 0.6 is 0 Å². The van der Waals surface area contributed by atoms with Crippen LogP contribution in [-0.4, -0.2) is 50.8 Å². The SMILES string of the molecule is CCNC(=O)[C@@H](C)N(CCc1ccccc1)C(=O)CN(c1ccc(C)c(C)c1)S(=O)(=O)c1ccccc1. The zero-order valence-electron chi connectivity index (χ0n) is 21.8. The van der Waals surface area contributed by atoms with Crippen molar-refractivity contribution in [2.24, 2.45) is 0 Å². The van der Waals surface area contributed by atoms with Gasteiger partial charge in [0.2, 0.25) is 11.8 Å². The predicted octanol–water partition coefficient (Wildman–Crippen LogP) is 4.09. The summed E-state index contributed by atoms with van der Waals surface area (Å²) in [5.74, 6) is -0.736. The molecule has 1 N–H and O–H groups in total. The highest BCUT2D eigenvalue weighted by molar-refractivity contribution is 7.92. The number of benzene rings is 3. The molecule has 3 rings (SSSR count). The van der Waals surface area contributed by atoms with Crippen LogP contribution in [0.5, 0.6) is 0 Å². The lowest BCUT2D eigenvalue weighted by molar-refractivity contribution is -0.138. The molecule has 0 unspecified atom stereocenters. The first-order chi connectivity index (χ1) is 17.6. The molecule has 37 heavy (non-hydrogen) atoms. The molecule has 0 bridgehead atoms. The Labute approximate surface area is 220 Å². The quantitative estimate of drug-likeness (QED) is 0.412. The van der Waals surface area contributed by atoms with Crippen molar-refractivity contribution in [3.63, 3.8) is 0 Å². The molecular weight excluding hydrogens is 486 g/mol. The maximum absolute atomic E-state index is 13.8. The molecule has 1 atom stereocenters. The fraction of sp³-hybridized carbons (Fsp3) is 0.310. The number of aryl methyl sites for hydroxylation is 2. The van der Waals surface area contributed by atoms with Gasteiger partial charge in [0.05, 0.1) is 10.6 Å². The van der Waals surface area contributed by atoms with Crippen molar-refractivity contribution in [3.05, 3.63) is 95.6 Å². The van der Waals surface area contributed by atoms with Gasteiger partial charge in [0.15, 0.2) is 0 Å². The van der Waals surface area contributed by atoms with Gasteiger partial charge in [-0.1, -0.05) is 54.6 Å². The van der Waals surface area contributed by atoms with Gasteiger partial charge in [-0.25, -0.2) is 8.42 Å². The number of carbonyl (C=O) groups excluding carboxylic acids is 2. The summed E-state index contributed by atoms with van der Waals surface area (Å²) in [5, 5.41) is 2.77. The van der Waals surface area contributed by atoms with E-state index < -0.39 is 28.5 Å². The molecule has 0 saturated heterocycles. The zero-order chi connectivity index (χ0) is 27.0. The third-order valence-electron chi connectivity index (χ3n) is 6.39. The number of sulfonamides is 1. The molecule has 0 aliphatic rings. The first-order valence-corrected chi connectivity index (χ1v) is 13.8. The van der Waals surface area contributed by atoms with E-state index in [-0.39, 0.29) is 17.3 Å². The van der Waals surface area contributed by atoms with E-state index in [1.54, 1.807) is 37.3 Å². The first-order valence-electron chi connectivity index (χ1n) is 12.4. The number of anilines is 1. The molecule has 0 aromatic heterocycles. The van der Waals surface area contributed by atoms with Crippen molar-refractivity contribution >= 4 is 27.5 Å². The van der Waals surface area contributed by atoms with E-state index in [1.165, 1.54) is 17.0 Å². The molecular formula is C29H35N3O4S. The van der Waals surface area contributed by atoms with Gasteiger partial charge in [-0.3, -0.25) is 13.9 Å². The average molecular weight is 522 g/mol. The van der Waals surface area contributed by atoms with Gasteiger partial charge in [0.1, 0.15) is 12.6 Å². The van der Waals surface area contributed by atoms with E-state index in [9.17, 15) is 18.0 Å². The van der Waals surface area contributed by atoms with Crippen LogP contribution in [0.15, 0.2) is 83.8 Å². The minimum absolute atomic E-state index is 0.0913. The van der Waals surface area contributed by atoms with Gasteiger partial charge in [-0.05, 0) is 75.1 Å². The van der Waals surface area contributed by atoms with E-state index in [0.717, 1.165) is 21.0 Å². The summed E-state index contributed by atoms with van der Waals surface area (Å²) in [6, 6.07) is 22.3. The second-order valence-corrected chi connectivity index (χ2v) is 10.8. The number of hydrogen-bond donors (Lipinski definition) is 1. The summed E-state index contributed by atoms with van der Waals surface area (Å²) in [4.78, 5) is 28.0. The van der Waals surface area contributed by atoms with Crippen molar-refractivity contribution in [3.8, 4) is 0 Å². The number of amides is 2. The smallest absolute Gasteiger partial charge is 0.264 e. The van der Waals surface area contributed by atoms with Crippen LogP contribution < -0.4 is 9.62 Å². The molecule has 3 aromatic rings. The Kier molecular flexibility index (Phi) is 9.47. The van der Waals surface area contributed by atoms with Gasteiger partial charge in [-0.15, -0.1) is 0 Å². The maximum Gasteiger partial charge on any atom is 0.264 e. The van der Waals surface area contributed by atoms with Gasteiger partial charge in [0, 0.05) is 13.1 Å². The highest BCUT2D eigenvalue weighted by atomic mass is 32.2. The van der Waals surface area contributed by atoms with E-state index >= 15 is 0 Å². The van der Waals surface area contributed by atoms with E-state index in [1.807, 2.05) is 57.2 Å². The second kappa shape index (κ2) is 12.5. The van der Waals surface area contributed by atoms with Gasteiger partial charge in [-0.2, -0.15) is 0 Å². The summed E-state index contributed by atoms with van der Waals surface area (Å²) in [6.45, 7) is 7.60. The van der Waals surface area contributed by atoms with Crippen molar-refractivity contribution in [2.75, 3.05) is 23.9 Å². The molecule has 3 aromatic carbocycles. The predicted molar refractivity (Wildman–Crippen MR) is 147 cm³/mol. The first kappa shape index (κ1) is 27.9. The number of hydrogen-bond acceptors (Lipinski definition) is 4. The van der Waals surface area contributed by atoms with E-state index in [4.69, 9.17) is 0 Å². The Morgan fingerprint density at radius 3 is 2.11 bits per heavy atom. The number of likely N-dealkylation sites (N-methyl/N-ethyl adjacent to an activating group) is 1. The molecule has 2 amide bonds. The summed E-state index contributed by atoms with van der Waals surface area (Å²) < 4.78 is 28.6.